The van der Waals surface area contributed by atoms with Crippen molar-refractivity contribution >= 4 is 29.6 Å². The number of hydrogen-bond donors (Lipinski definition) is 1. The molecule has 24 heavy (non-hydrogen) atoms. The summed E-state index contributed by atoms with van der Waals surface area (Å²) in [5, 5.41) is 13.9. The number of rotatable bonds is 6. The largest absolute Gasteiger partial charge is 0.479 e. The van der Waals surface area contributed by atoms with Crippen LogP contribution in [0.3, 0.4) is 0 Å². The number of aryl methyl sites for hydroxylation is 2. The SMILES string of the molecule is CCCCn1nc(C)c(C=CC(=O)N2CCOC(C(=O)O)C2)c1Cl. The minimum atomic E-state index is -1.06. The standard InChI is InChI=1S/C16H22ClN3O4/c1-3-4-7-20-15(17)12(11(2)18-20)5-6-14(21)19-8-9-24-13(10-19)16(22)23/h5-6,13H,3-4,7-10H2,1-2H3,(H,22,23). The number of ether oxygens (including phenoxy) is 1. The summed E-state index contributed by atoms with van der Waals surface area (Å²) in [4.78, 5) is 24.7. The quantitative estimate of drug-likeness (QED) is 0.788. The summed E-state index contributed by atoms with van der Waals surface area (Å²) >= 11 is 6.33. The molecule has 1 unspecified atom stereocenters. The third-order valence-electron chi connectivity index (χ3n) is 3.88. The molecular weight excluding hydrogens is 334 g/mol. The van der Waals surface area contributed by atoms with Crippen molar-refractivity contribution in [1.82, 2.24) is 14.7 Å². The van der Waals surface area contributed by atoms with E-state index in [-0.39, 0.29) is 19.1 Å². The van der Waals surface area contributed by atoms with Crippen LogP contribution in [0.5, 0.6) is 0 Å². The van der Waals surface area contributed by atoms with Gasteiger partial charge in [-0.05, 0) is 19.4 Å². The van der Waals surface area contributed by atoms with Gasteiger partial charge in [-0.25, -0.2) is 4.79 Å². The molecule has 0 radical (unpaired) electrons. The van der Waals surface area contributed by atoms with Crippen LogP contribution in [-0.4, -0.2) is 57.5 Å². The molecule has 1 N–H and O–H groups in total. The maximum atomic E-state index is 12.3. The molecule has 1 aromatic rings. The third-order valence-corrected chi connectivity index (χ3v) is 4.28. The van der Waals surface area contributed by atoms with Crippen molar-refractivity contribution in [3.05, 3.63) is 22.5 Å². The Bertz CT molecular complexity index is 642. The van der Waals surface area contributed by atoms with Gasteiger partial charge in [-0.1, -0.05) is 24.9 Å². The first-order chi connectivity index (χ1) is 11.4. The van der Waals surface area contributed by atoms with Gasteiger partial charge in [-0.2, -0.15) is 5.10 Å². The Morgan fingerprint density at radius 2 is 2.25 bits per heavy atom. The fourth-order valence-corrected chi connectivity index (χ4v) is 2.79. The Kier molecular flexibility index (Phi) is 6.39. The van der Waals surface area contributed by atoms with E-state index in [1.165, 1.54) is 11.0 Å². The van der Waals surface area contributed by atoms with Gasteiger partial charge < -0.3 is 14.7 Å². The zero-order valence-electron chi connectivity index (χ0n) is 13.9. The molecule has 7 nitrogen and oxygen atoms in total. The number of aromatic nitrogens is 2. The van der Waals surface area contributed by atoms with Crippen molar-refractivity contribution in [2.24, 2.45) is 0 Å². The van der Waals surface area contributed by atoms with E-state index in [0.717, 1.165) is 25.1 Å². The molecule has 2 rings (SSSR count). The second kappa shape index (κ2) is 8.30. The molecule has 1 amide bonds. The number of nitrogens with zero attached hydrogens (tertiary/aromatic N) is 3. The van der Waals surface area contributed by atoms with Gasteiger partial charge in [0.1, 0.15) is 5.15 Å². The highest BCUT2D eigenvalue weighted by Crippen LogP contribution is 2.22. The molecule has 1 aliphatic heterocycles. The maximum Gasteiger partial charge on any atom is 0.334 e. The molecule has 0 bridgehead atoms. The van der Waals surface area contributed by atoms with Crippen LogP contribution in [0.2, 0.25) is 5.15 Å². The Morgan fingerprint density at radius 3 is 2.92 bits per heavy atom. The monoisotopic (exact) mass is 355 g/mol. The molecule has 1 fully saturated rings. The number of carboxylic acids is 1. The summed E-state index contributed by atoms with van der Waals surface area (Å²) in [5.74, 6) is -1.33. The predicted octanol–water partition coefficient (Wildman–Crippen LogP) is 1.97. The van der Waals surface area contributed by atoms with Crippen LogP contribution in [0.25, 0.3) is 6.08 Å². The molecule has 1 atom stereocenters. The van der Waals surface area contributed by atoms with Gasteiger partial charge >= 0.3 is 5.97 Å². The van der Waals surface area contributed by atoms with E-state index >= 15 is 0 Å². The Labute approximate surface area is 145 Å². The van der Waals surface area contributed by atoms with Crippen molar-refractivity contribution in [1.29, 1.82) is 0 Å². The maximum absolute atomic E-state index is 12.3. The highest BCUT2D eigenvalue weighted by atomic mass is 35.5. The molecule has 132 valence electrons. The van der Waals surface area contributed by atoms with Crippen LogP contribution >= 0.6 is 11.6 Å². The number of morpholine rings is 1. The molecule has 0 spiro atoms. The molecule has 0 saturated carbocycles. The summed E-state index contributed by atoms with van der Waals surface area (Å²) in [6.45, 7) is 5.30. The number of unbranched alkanes of at least 4 members (excludes halogenated alkanes) is 1. The van der Waals surface area contributed by atoms with Crippen LogP contribution in [0.4, 0.5) is 0 Å². The predicted molar refractivity (Wildman–Crippen MR) is 89.9 cm³/mol. The average Bonchev–Trinajstić information content (AvgIpc) is 2.84. The fourth-order valence-electron chi connectivity index (χ4n) is 2.47. The lowest BCUT2D eigenvalue weighted by molar-refractivity contribution is -0.158. The average molecular weight is 356 g/mol. The van der Waals surface area contributed by atoms with Crippen molar-refractivity contribution in [3.63, 3.8) is 0 Å². The third kappa shape index (κ3) is 4.36. The highest BCUT2D eigenvalue weighted by molar-refractivity contribution is 6.31. The van der Waals surface area contributed by atoms with Crippen molar-refractivity contribution in [2.75, 3.05) is 19.7 Å². The summed E-state index contributed by atoms with van der Waals surface area (Å²) in [6, 6.07) is 0. The van der Waals surface area contributed by atoms with Gasteiger partial charge in [0, 0.05) is 24.7 Å². The Balaban J connectivity index is 2.06. The lowest BCUT2D eigenvalue weighted by Gasteiger charge is -2.30. The molecule has 2 heterocycles. The summed E-state index contributed by atoms with van der Waals surface area (Å²) in [5.41, 5.74) is 1.47. The Morgan fingerprint density at radius 1 is 1.50 bits per heavy atom. The second-order valence-electron chi connectivity index (χ2n) is 5.68. The van der Waals surface area contributed by atoms with E-state index in [1.807, 2.05) is 6.92 Å². The van der Waals surface area contributed by atoms with Crippen molar-refractivity contribution < 1.29 is 19.4 Å². The van der Waals surface area contributed by atoms with Crippen LogP contribution in [0.15, 0.2) is 6.08 Å². The molecule has 1 saturated heterocycles. The van der Waals surface area contributed by atoms with Gasteiger partial charge in [-0.15, -0.1) is 0 Å². The zero-order valence-corrected chi connectivity index (χ0v) is 14.6. The summed E-state index contributed by atoms with van der Waals surface area (Å²) in [7, 11) is 0. The minimum absolute atomic E-state index is 0.0426. The van der Waals surface area contributed by atoms with Crippen molar-refractivity contribution in [3.8, 4) is 0 Å². The fraction of sp³-hybridized carbons (Fsp3) is 0.562. The topological polar surface area (TPSA) is 84.7 Å². The number of hydrogen-bond acceptors (Lipinski definition) is 4. The first-order valence-electron chi connectivity index (χ1n) is 7.98. The smallest absolute Gasteiger partial charge is 0.334 e. The zero-order chi connectivity index (χ0) is 17.7. The number of carboxylic acid groups (broad SMARTS) is 1. The van der Waals surface area contributed by atoms with Gasteiger partial charge in [0.2, 0.25) is 5.91 Å². The van der Waals surface area contributed by atoms with Gasteiger partial charge in [-0.3, -0.25) is 9.48 Å². The van der Waals surface area contributed by atoms with Crippen LogP contribution < -0.4 is 0 Å². The summed E-state index contributed by atoms with van der Waals surface area (Å²) in [6.07, 6.45) is 4.09. The number of carbonyl (C=O) groups is 2. The van der Waals surface area contributed by atoms with Gasteiger partial charge in [0.05, 0.1) is 18.8 Å². The van der Waals surface area contributed by atoms with E-state index in [1.54, 1.807) is 10.8 Å². The van der Waals surface area contributed by atoms with Crippen LogP contribution in [0, 0.1) is 6.92 Å². The second-order valence-corrected chi connectivity index (χ2v) is 6.04. The van der Waals surface area contributed by atoms with Crippen molar-refractivity contribution in [2.45, 2.75) is 39.3 Å². The highest BCUT2D eigenvalue weighted by Gasteiger charge is 2.28. The molecular formula is C16H22ClN3O4. The van der Waals surface area contributed by atoms with Gasteiger partial charge in [0.15, 0.2) is 6.10 Å². The van der Waals surface area contributed by atoms with Crippen LogP contribution in [-0.2, 0) is 20.9 Å². The van der Waals surface area contributed by atoms with E-state index < -0.39 is 12.1 Å². The minimum Gasteiger partial charge on any atom is -0.479 e. The molecule has 1 aliphatic rings. The lowest BCUT2D eigenvalue weighted by atomic mass is 10.2. The number of aliphatic carboxylic acids is 1. The summed E-state index contributed by atoms with van der Waals surface area (Å²) < 4.78 is 6.85. The number of amides is 1. The van der Waals surface area contributed by atoms with E-state index in [4.69, 9.17) is 21.4 Å². The molecule has 1 aromatic heterocycles. The van der Waals surface area contributed by atoms with E-state index in [0.29, 0.717) is 17.3 Å². The lowest BCUT2D eigenvalue weighted by Crippen LogP contribution is -2.48. The van der Waals surface area contributed by atoms with E-state index in [2.05, 4.69) is 12.0 Å². The molecule has 0 aromatic carbocycles. The number of carbonyl (C=O) groups excluding carboxylic acids is 1. The Hall–Kier alpha value is -1.86. The van der Waals surface area contributed by atoms with E-state index in [9.17, 15) is 9.59 Å². The van der Waals surface area contributed by atoms with Crippen LogP contribution in [0.1, 0.15) is 31.0 Å². The first kappa shape index (κ1) is 18.5. The van der Waals surface area contributed by atoms with Gasteiger partial charge in [0.25, 0.3) is 0 Å². The first-order valence-corrected chi connectivity index (χ1v) is 8.36. The molecule has 0 aliphatic carbocycles. The normalized spacial score (nSPS) is 18.3. The number of halogens is 1. The molecule has 8 heteroatoms.